The SMILES string of the molecule is CC(=O)O[C@H]1[C@@H](C(=O)[C@H](Cc2ccccc2)NC(=O)CCN2CCOCC2)C(=O)N1N. The van der Waals surface area contributed by atoms with Crippen LogP contribution in [0.25, 0.3) is 0 Å². The molecule has 0 aromatic heterocycles. The minimum Gasteiger partial charge on any atom is -0.439 e. The van der Waals surface area contributed by atoms with E-state index in [9.17, 15) is 19.2 Å². The zero-order valence-electron chi connectivity index (χ0n) is 17.5. The third-order valence-electron chi connectivity index (χ3n) is 5.39. The van der Waals surface area contributed by atoms with Crippen molar-refractivity contribution in [3.05, 3.63) is 35.9 Å². The first kappa shape index (κ1) is 22.9. The summed E-state index contributed by atoms with van der Waals surface area (Å²) in [5.74, 6) is 2.23. The van der Waals surface area contributed by atoms with Crippen LogP contribution in [0, 0.1) is 5.92 Å². The number of nitrogens with one attached hydrogen (secondary N) is 1. The van der Waals surface area contributed by atoms with Gasteiger partial charge in [0.25, 0.3) is 5.91 Å². The molecule has 2 fully saturated rings. The molecule has 2 aliphatic rings. The summed E-state index contributed by atoms with van der Waals surface area (Å²) in [6.45, 7) is 4.50. The molecule has 2 saturated heterocycles. The van der Waals surface area contributed by atoms with Crippen LogP contribution in [0.4, 0.5) is 0 Å². The number of ketones is 1. The highest BCUT2D eigenvalue weighted by molar-refractivity contribution is 6.09. The molecule has 3 atom stereocenters. The number of rotatable bonds is 9. The molecule has 10 heteroatoms. The highest BCUT2D eigenvalue weighted by Crippen LogP contribution is 2.27. The van der Waals surface area contributed by atoms with Gasteiger partial charge < -0.3 is 14.8 Å². The van der Waals surface area contributed by atoms with Gasteiger partial charge in [0.05, 0.1) is 19.3 Å². The van der Waals surface area contributed by atoms with E-state index in [2.05, 4.69) is 10.2 Å². The standard InChI is InChI=1S/C21H28N4O6/c1-14(26)31-21-18(20(29)25(21)22)19(28)16(13-15-5-3-2-4-6-15)23-17(27)7-8-24-9-11-30-12-10-24/h2-6,16,18,21H,7-13,22H2,1H3,(H,23,27)/t16-,18-,21-/m0/s1. The van der Waals surface area contributed by atoms with Gasteiger partial charge in [0.1, 0.15) is 0 Å². The Hall–Kier alpha value is -2.82. The first-order valence-corrected chi connectivity index (χ1v) is 10.3. The van der Waals surface area contributed by atoms with Gasteiger partial charge in [-0.15, -0.1) is 0 Å². The summed E-state index contributed by atoms with van der Waals surface area (Å²) in [6.07, 6.45) is -0.737. The number of esters is 1. The lowest BCUT2D eigenvalue weighted by molar-refractivity contribution is -0.199. The number of benzene rings is 1. The van der Waals surface area contributed by atoms with Crippen molar-refractivity contribution < 1.29 is 28.7 Å². The van der Waals surface area contributed by atoms with Gasteiger partial charge in [0, 0.05) is 33.0 Å². The Morgan fingerprint density at radius 2 is 1.90 bits per heavy atom. The number of hydrazine groups is 1. The summed E-state index contributed by atoms with van der Waals surface area (Å²) in [4.78, 5) is 51.5. The Morgan fingerprint density at radius 3 is 2.55 bits per heavy atom. The number of hydrogen-bond acceptors (Lipinski definition) is 8. The smallest absolute Gasteiger partial charge is 0.304 e. The van der Waals surface area contributed by atoms with Crippen LogP contribution in [0.15, 0.2) is 30.3 Å². The lowest BCUT2D eigenvalue weighted by atomic mass is 9.86. The van der Waals surface area contributed by atoms with Crippen molar-refractivity contribution in [1.82, 2.24) is 15.2 Å². The van der Waals surface area contributed by atoms with Crippen LogP contribution in [0.5, 0.6) is 0 Å². The highest BCUT2D eigenvalue weighted by atomic mass is 16.6. The predicted octanol–water partition coefficient (Wildman–Crippen LogP) is -0.773. The average molecular weight is 432 g/mol. The van der Waals surface area contributed by atoms with Gasteiger partial charge in [-0.3, -0.25) is 24.1 Å². The van der Waals surface area contributed by atoms with E-state index in [1.54, 1.807) is 0 Å². The number of nitrogens with zero attached hydrogens (tertiary/aromatic N) is 2. The number of amides is 2. The fourth-order valence-electron chi connectivity index (χ4n) is 3.68. The van der Waals surface area contributed by atoms with E-state index in [-0.39, 0.29) is 18.7 Å². The first-order valence-electron chi connectivity index (χ1n) is 10.3. The van der Waals surface area contributed by atoms with Gasteiger partial charge in [-0.2, -0.15) is 0 Å². The lowest BCUT2D eigenvalue weighted by Crippen LogP contribution is -2.70. The molecule has 1 aromatic rings. The second kappa shape index (κ2) is 10.5. The summed E-state index contributed by atoms with van der Waals surface area (Å²) in [7, 11) is 0. The van der Waals surface area contributed by atoms with Crippen LogP contribution >= 0.6 is 0 Å². The summed E-state index contributed by atoms with van der Waals surface area (Å²) < 4.78 is 10.3. The molecule has 3 rings (SSSR count). The molecular formula is C21H28N4O6. The van der Waals surface area contributed by atoms with E-state index in [1.165, 1.54) is 6.92 Å². The summed E-state index contributed by atoms with van der Waals surface area (Å²) in [6, 6.07) is 8.23. The molecule has 2 amide bonds. The normalized spacial score (nSPS) is 22.4. The van der Waals surface area contributed by atoms with Gasteiger partial charge in [-0.25, -0.2) is 10.9 Å². The van der Waals surface area contributed by atoms with Crippen molar-refractivity contribution in [2.45, 2.75) is 32.0 Å². The first-order chi connectivity index (χ1) is 14.9. The Kier molecular flexibility index (Phi) is 7.72. The fourth-order valence-corrected chi connectivity index (χ4v) is 3.68. The van der Waals surface area contributed by atoms with Crippen LogP contribution in [0.3, 0.4) is 0 Å². The average Bonchev–Trinajstić information content (AvgIpc) is 2.77. The summed E-state index contributed by atoms with van der Waals surface area (Å²) in [5, 5.41) is 3.49. The van der Waals surface area contributed by atoms with E-state index in [1.807, 2.05) is 30.3 Å². The third-order valence-corrected chi connectivity index (χ3v) is 5.39. The molecule has 2 aliphatic heterocycles. The fraction of sp³-hybridized carbons (Fsp3) is 0.524. The van der Waals surface area contributed by atoms with Gasteiger partial charge in [-0.1, -0.05) is 30.3 Å². The predicted molar refractivity (Wildman–Crippen MR) is 109 cm³/mol. The minimum absolute atomic E-state index is 0.212. The van der Waals surface area contributed by atoms with Gasteiger partial charge in [0.2, 0.25) is 12.1 Å². The highest BCUT2D eigenvalue weighted by Gasteiger charge is 2.54. The molecule has 0 saturated carbocycles. The monoisotopic (exact) mass is 432 g/mol. The molecule has 10 nitrogen and oxygen atoms in total. The lowest BCUT2D eigenvalue weighted by Gasteiger charge is -2.42. The molecular weight excluding hydrogens is 404 g/mol. The van der Waals surface area contributed by atoms with E-state index >= 15 is 0 Å². The van der Waals surface area contributed by atoms with E-state index in [4.69, 9.17) is 15.3 Å². The number of morpholine rings is 1. The topological polar surface area (TPSA) is 131 Å². The molecule has 1 aromatic carbocycles. The molecule has 0 aliphatic carbocycles. The van der Waals surface area contributed by atoms with Crippen LogP contribution in [-0.2, 0) is 35.1 Å². The maximum Gasteiger partial charge on any atom is 0.304 e. The second-order valence-electron chi connectivity index (χ2n) is 7.64. The van der Waals surface area contributed by atoms with Crippen LogP contribution in [0.1, 0.15) is 18.9 Å². The van der Waals surface area contributed by atoms with E-state index < -0.39 is 35.8 Å². The molecule has 168 valence electrons. The molecule has 2 heterocycles. The van der Waals surface area contributed by atoms with Crippen LogP contribution in [-0.4, -0.2) is 78.6 Å². The van der Waals surface area contributed by atoms with Crippen molar-refractivity contribution in [2.24, 2.45) is 11.8 Å². The van der Waals surface area contributed by atoms with Gasteiger partial charge >= 0.3 is 5.97 Å². The Labute approximate surface area is 180 Å². The second-order valence-corrected chi connectivity index (χ2v) is 7.64. The third kappa shape index (κ3) is 5.87. The van der Waals surface area contributed by atoms with Crippen LogP contribution in [0.2, 0.25) is 0 Å². The quantitative estimate of drug-likeness (QED) is 0.171. The molecule has 0 unspecified atom stereocenters. The van der Waals surface area contributed by atoms with Crippen molar-refractivity contribution in [2.75, 3.05) is 32.8 Å². The number of Topliss-reactive ketones (excluding diaryl/α,β-unsaturated/α-hetero) is 1. The van der Waals surface area contributed by atoms with E-state index in [0.29, 0.717) is 19.8 Å². The zero-order chi connectivity index (χ0) is 22.4. The largest absolute Gasteiger partial charge is 0.439 e. The van der Waals surface area contributed by atoms with Crippen molar-refractivity contribution in [3.63, 3.8) is 0 Å². The molecule has 0 radical (unpaired) electrons. The molecule has 3 N–H and O–H groups in total. The van der Waals surface area contributed by atoms with Crippen LogP contribution < -0.4 is 11.2 Å². The molecule has 0 bridgehead atoms. The van der Waals surface area contributed by atoms with Gasteiger partial charge in [0.15, 0.2) is 11.7 Å². The molecule has 0 spiro atoms. The van der Waals surface area contributed by atoms with Crippen molar-refractivity contribution >= 4 is 23.6 Å². The number of carbonyl (C=O) groups excluding carboxylic acids is 4. The number of hydrogen-bond donors (Lipinski definition) is 2. The molecule has 31 heavy (non-hydrogen) atoms. The Balaban J connectivity index is 1.68. The Bertz CT molecular complexity index is 811. The minimum atomic E-state index is -1.23. The number of β-lactam (4-membered cyclic amide) rings is 1. The Morgan fingerprint density at radius 1 is 1.23 bits per heavy atom. The van der Waals surface area contributed by atoms with Crippen molar-refractivity contribution in [1.29, 1.82) is 0 Å². The van der Waals surface area contributed by atoms with Gasteiger partial charge in [-0.05, 0) is 12.0 Å². The number of nitrogens with two attached hydrogens (primary N) is 1. The maximum atomic E-state index is 13.2. The number of ether oxygens (including phenoxy) is 2. The number of carbonyl (C=O) groups is 4. The van der Waals surface area contributed by atoms with E-state index in [0.717, 1.165) is 23.7 Å². The maximum absolute atomic E-state index is 13.2. The summed E-state index contributed by atoms with van der Waals surface area (Å²) >= 11 is 0. The summed E-state index contributed by atoms with van der Waals surface area (Å²) in [5.41, 5.74) is 0.828. The van der Waals surface area contributed by atoms with Crippen molar-refractivity contribution in [3.8, 4) is 0 Å². The zero-order valence-corrected chi connectivity index (χ0v) is 17.5.